The number of hydrogen-bond acceptors (Lipinski definition) is 6. The van der Waals surface area contributed by atoms with Crippen LogP contribution in [0.2, 0.25) is 5.02 Å². The molecule has 3 aromatic carbocycles. The Morgan fingerprint density at radius 2 is 1.51 bits per heavy atom. The second kappa shape index (κ2) is 12.6. The Bertz CT molecular complexity index is 1760. The van der Waals surface area contributed by atoms with Gasteiger partial charge in [-0.1, -0.05) is 24.1 Å². The summed E-state index contributed by atoms with van der Waals surface area (Å²) in [5, 5.41) is 3.48. The highest BCUT2D eigenvalue weighted by Crippen LogP contribution is 2.34. The van der Waals surface area contributed by atoms with Crippen molar-refractivity contribution >= 4 is 48.3 Å². The van der Waals surface area contributed by atoms with Crippen molar-refractivity contribution in [2.75, 3.05) is 20.2 Å². The summed E-state index contributed by atoms with van der Waals surface area (Å²) in [5.74, 6) is 0.0118. The van der Waals surface area contributed by atoms with Gasteiger partial charge in [0.15, 0.2) is 0 Å². The summed E-state index contributed by atoms with van der Waals surface area (Å²) in [6.07, 6.45) is 1.77. The summed E-state index contributed by atoms with van der Waals surface area (Å²) in [5.41, 5.74) is 2.00. The van der Waals surface area contributed by atoms with E-state index in [0.29, 0.717) is 40.9 Å². The average Bonchev–Trinajstić information content (AvgIpc) is 3.31. The van der Waals surface area contributed by atoms with Crippen LogP contribution in [0.3, 0.4) is 0 Å². The molecule has 1 heterocycles. The van der Waals surface area contributed by atoms with Crippen LogP contribution in [-0.2, 0) is 19.9 Å². The van der Waals surface area contributed by atoms with Crippen molar-refractivity contribution in [3.8, 4) is 5.75 Å². The van der Waals surface area contributed by atoms with Crippen LogP contribution in [0.25, 0.3) is 10.9 Å². The summed E-state index contributed by atoms with van der Waals surface area (Å²) >= 11 is 6.19. The number of rotatable bonds is 12. The molecular formula is C29H32ClN3O6S2. The topological polar surface area (TPSA) is 134 Å². The fourth-order valence-electron chi connectivity index (χ4n) is 4.55. The number of sulfone groups is 1. The zero-order chi connectivity index (χ0) is 29.8. The molecule has 41 heavy (non-hydrogen) atoms. The second-order valence-corrected chi connectivity index (χ2v) is 13.8. The highest BCUT2D eigenvalue weighted by Gasteiger charge is 2.30. The van der Waals surface area contributed by atoms with Crippen molar-refractivity contribution in [2.45, 2.75) is 47.8 Å². The molecule has 0 unspecified atom stereocenters. The van der Waals surface area contributed by atoms with Gasteiger partial charge in [-0.2, -0.15) is 0 Å². The Labute approximate surface area is 245 Å². The third-order valence-electron chi connectivity index (χ3n) is 6.52. The van der Waals surface area contributed by atoms with Crippen LogP contribution in [0.15, 0.2) is 75.4 Å². The molecule has 0 aliphatic heterocycles. The van der Waals surface area contributed by atoms with Gasteiger partial charge in [0.1, 0.15) is 16.3 Å². The number of carbonyl (C=O) groups excluding carboxylic acids is 1. The number of aromatic amines is 1. The molecule has 0 atom stereocenters. The number of H-pyrrole nitrogens is 1. The van der Waals surface area contributed by atoms with Crippen LogP contribution in [-0.4, -0.2) is 47.9 Å². The molecule has 4 aromatic rings. The third kappa shape index (κ3) is 7.10. The van der Waals surface area contributed by atoms with E-state index in [9.17, 15) is 21.6 Å². The van der Waals surface area contributed by atoms with E-state index in [1.165, 1.54) is 25.3 Å². The van der Waals surface area contributed by atoms with Gasteiger partial charge < -0.3 is 15.0 Å². The third-order valence-corrected chi connectivity index (χ3v) is 10.0. The molecule has 0 aliphatic carbocycles. The van der Waals surface area contributed by atoms with Crippen LogP contribution in [0.4, 0.5) is 0 Å². The van der Waals surface area contributed by atoms with Gasteiger partial charge in [0.25, 0.3) is 5.91 Å². The number of carbonyl (C=O) groups is 1. The second-order valence-electron chi connectivity index (χ2n) is 9.74. The van der Waals surface area contributed by atoms with Gasteiger partial charge in [0.2, 0.25) is 19.9 Å². The Balaban J connectivity index is 1.40. The van der Waals surface area contributed by atoms with Crippen LogP contribution < -0.4 is 14.8 Å². The summed E-state index contributed by atoms with van der Waals surface area (Å²) in [7, 11) is -6.20. The SMILES string of the molecule is COc1ccc(S(=O)(=O)NCCCCCNC(=O)c2[nH]c3ccc(Cl)cc3c2S(=O)(=O)c2cc(C)cc(C)c2)cc1. The zero-order valence-electron chi connectivity index (χ0n) is 23.0. The zero-order valence-corrected chi connectivity index (χ0v) is 25.3. The Morgan fingerprint density at radius 3 is 2.17 bits per heavy atom. The van der Waals surface area contributed by atoms with Crippen LogP contribution in [0, 0.1) is 13.8 Å². The molecule has 0 aliphatic rings. The lowest BCUT2D eigenvalue weighted by molar-refractivity contribution is 0.0945. The summed E-state index contributed by atoms with van der Waals surface area (Å²) in [6.45, 7) is 4.15. The van der Waals surface area contributed by atoms with E-state index in [2.05, 4.69) is 15.0 Å². The number of fused-ring (bicyclic) bond motifs is 1. The minimum atomic E-state index is -4.07. The molecule has 4 rings (SSSR count). The molecule has 218 valence electrons. The van der Waals surface area contributed by atoms with E-state index < -0.39 is 25.8 Å². The Hall–Kier alpha value is -3.38. The number of ether oxygens (including phenoxy) is 1. The molecule has 1 amide bonds. The van der Waals surface area contributed by atoms with Gasteiger partial charge in [-0.25, -0.2) is 21.6 Å². The number of methoxy groups -OCH3 is 1. The lowest BCUT2D eigenvalue weighted by Crippen LogP contribution is -2.27. The number of nitrogens with one attached hydrogen (secondary N) is 3. The first-order chi connectivity index (χ1) is 19.4. The van der Waals surface area contributed by atoms with Crippen molar-refractivity contribution in [1.82, 2.24) is 15.0 Å². The van der Waals surface area contributed by atoms with E-state index in [-0.39, 0.29) is 33.5 Å². The van der Waals surface area contributed by atoms with Crippen molar-refractivity contribution < 1.29 is 26.4 Å². The van der Waals surface area contributed by atoms with Crippen molar-refractivity contribution in [3.63, 3.8) is 0 Å². The summed E-state index contributed by atoms with van der Waals surface area (Å²) < 4.78 is 60.1. The predicted octanol–water partition coefficient (Wildman–Crippen LogP) is 5.16. The average molecular weight is 618 g/mol. The largest absolute Gasteiger partial charge is 0.497 e. The van der Waals surface area contributed by atoms with E-state index in [1.54, 1.807) is 36.4 Å². The summed E-state index contributed by atoms with van der Waals surface area (Å²) in [6, 6.07) is 15.9. The molecule has 3 N–H and O–H groups in total. The minimum Gasteiger partial charge on any atom is -0.497 e. The molecule has 12 heteroatoms. The minimum absolute atomic E-state index is 0.0614. The first kappa shape index (κ1) is 30.6. The molecule has 0 radical (unpaired) electrons. The Kier molecular flexibility index (Phi) is 9.43. The Morgan fingerprint density at radius 1 is 0.854 bits per heavy atom. The number of benzene rings is 3. The van der Waals surface area contributed by atoms with E-state index in [1.807, 2.05) is 19.9 Å². The van der Waals surface area contributed by atoms with E-state index in [0.717, 1.165) is 11.1 Å². The smallest absolute Gasteiger partial charge is 0.269 e. The maximum atomic E-state index is 13.8. The maximum Gasteiger partial charge on any atom is 0.269 e. The number of aryl methyl sites for hydroxylation is 2. The van der Waals surface area contributed by atoms with Crippen molar-refractivity contribution in [1.29, 1.82) is 0 Å². The molecule has 0 spiro atoms. The normalized spacial score (nSPS) is 12.0. The number of amides is 1. The van der Waals surface area contributed by atoms with Gasteiger partial charge >= 0.3 is 0 Å². The first-order valence-corrected chi connectivity index (χ1v) is 16.3. The van der Waals surface area contributed by atoms with Gasteiger partial charge in [-0.05, 0) is 92.4 Å². The number of sulfonamides is 1. The van der Waals surface area contributed by atoms with Gasteiger partial charge in [0, 0.05) is 29.0 Å². The maximum absolute atomic E-state index is 13.8. The first-order valence-electron chi connectivity index (χ1n) is 13.0. The molecule has 0 saturated carbocycles. The van der Waals surface area contributed by atoms with Crippen molar-refractivity contribution in [2.24, 2.45) is 0 Å². The van der Waals surface area contributed by atoms with Crippen molar-refractivity contribution in [3.05, 3.63) is 82.5 Å². The van der Waals surface area contributed by atoms with Gasteiger partial charge in [-0.3, -0.25) is 4.79 Å². The van der Waals surface area contributed by atoms with E-state index >= 15 is 0 Å². The fraction of sp³-hybridized carbons (Fsp3) is 0.276. The molecule has 0 bridgehead atoms. The molecule has 0 saturated heterocycles. The van der Waals surface area contributed by atoms with Crippen LogP contribution in [0.5, 0.6) is 5.75 Å². The van der Waals surface area contributed by atoms with Gasteiger partial charge in [0.05, 0.1) is 16.9 Å². The number of halogens is 1. The van der Waals surface area contributed by atoms with Crippen LogP contribution in [0.1, 0.15) is 40.9 Å². The number of aromatic nitrogens is 1. The van der Waals surface area contributed by atoms with Crippen LogP contribution >= 0.6 is 11.6 Å². The standard InChI is InChI=1S/C29H32ClN3O6S2/c1-19-15-20(2)17-24(16-19)40(35,36)28-25-18-21(30)7-12-26(25)33-27(28)29(34)31-13-5-4-6-14-32-41(37,38)23-10-8-22(39-3)9-11-23/h7-12,15-18,32-33H,4-6,13-14H2,1-3H3,(H,31,34). The summed E-state index contributed by atoms with van der Waals surface area (Å²) in [4.78, 5) is 16.3. The fourth-order valence-corrected chi connectivity index (χ4v) is 7.58. The lowest BCUT2D eigenvalue weighted by Gasteiger charge is -2.10. The molecule has 1 aromatic heterocycles. The predicted molar refractivity (Wildman–Crippen MR) is 159 cm³/mol. The highest BCUT2D eigenvalue weighted by atomic mass is 35.5. The number of unbranched alkanes of at least 4 members (excludes halogenated alkanes) is 2. The number of hydrogen-bond donors (Lipinski definition) is 3. The van der Waals surface area contributed by atoms with Gasteiger partial charge in [-0.15, -0.1) is 0 Å². The highest BCUT2D eigenvalue weighted by molar-refractivity contribution is 7.91. The molecule has 9 nitrogen and oxygen atoms in total. The lowest BCUT2D eigenvalue weighted by atomic mass is 10.2. The van der Waals surface area contributed by atoms with E-state index in [4.69, 9.17) is 16.3 Å². The quantitative estimate of drug-likeness (QED) is 0.188. The monoisotopic (exact) mass is 617 g/mol. The molecule has 0 fully saturated rings. The molecular weight excluding hydrogens is 586 g/mol.